The average Bonchev–Trinajstić information content (AvgIpc) is 2.88. The number of ether oxygens (including phenoxy) is 1. The fraction of sp³-hybridized carbons (Fsp3) is 0.632. The van der Waals surface area contributed by atoms with E-state index in [0.29, 0.717) is 6.04 Å². The number of anilines is 1. The number of hydrogen-bond donors (Lipinski definition) is 0. The summed E-state index contributed by atoms with van der Waals surface area (Å²) in [4.78, 5) is 19.6. The lowest BCUT2D eigenvalue weighted by Gasteiger charge is -2.29. The molecule has 0 aromatic heterocycles. The van der Waals surface area contributed by atoms with Gasteiger partial charge in [0.25, 0.3) is 5.91 Å². The summed E-state index contributed by atoms with van der Waals surface area (Å²) in [6, 6.07) is 8.62. The van der Waals surface area contributed by atoms with Gasteiger partial charge in [0, 0.05) is 56.6 Å². The van der Waals surface area contributed by atoms with Crippen LogP contribution >= 0.6 is 0 Å². The Bertz CT molecular complexity index is 538. The number of amides is 1. The molecule has 0 N–H and O–H groups in total. The lowest BCUT2D eigenvalue weighted by molar-refractivity contribution is 0.0759. The molecule has 1 aromatic carbocycles. The van der Waals surface area contributed by atoms with Crippen molar-refractivity contribution in [3.05, 3.63) is 29.8 Å². The highest BCUT2D eigenvalue weighted by atomic mass is 16.5. The van der Waals surface area contributed by atoms with Crippen LogP contribution in [0, 0.1) is 0 Å². The van der Waals surface area contributed by atoms with Crippen molar-refractivity contribution in [3.8, 4) is 0 Å². The SMILES string of the molecule is CC(C)N1CCCN(C(=O)c2ccc(N3CCOCC3)cc2)CC1. The first-order valence-electron chi connectivity index (χ1n) is 9.11. The lowest BCUT2D eigenvalue weighted by atomic mass is 10.1. The molecular formula is C19H29N3O2. The number of rotatable bonds is 3. The van der Waals surface area contributed by atoms with Crippen molar-refractivity contribution in [3.63, 3.8) is 0 Å². The zero-order valence-corrected chi connectivity index (χ0v) is 14.9. The van der Waals surface area contributed by atoms with Crippen molar-refractivity contribution < 1.29 is 9.53 Å². The van der Waals surface area contributed by atoms with E-state index >= 15 is 0 Å². The van der Waals surface area contributed by atoms with Crippen LogP contribution in [0.4, 0.5) is 5.69 Å². The van der Waals surface area contributed by atoms with Gasteiger partial charge in [-0.3, -0.25) is 9.69 Å². The van der Waals surface area contributed by atoms with E-state index in [0.717, 1.165) is 64.5 Å². The molecule has 5 heteroatoms. The maximum Gasteiger partial charge on any atom is 0.253 e. The summed E-state index contributed by atoms with van der Waals surface area (Å²) in [5.74, 6) is 0.161. The van der Waals surface area contributed by atoms with Crippen LogP contribution in [0.2, 0.25) is 0 Å². The third-order valence-electron chi connectivity index (χ3n) is 5.04. The maximum atomic E-state index is 12.8. The normalized spacial score (nSPS) is 20.3. The molecule has 0 unspecified atom stereocenters. The first kappa shape index (κ1) is 17.2. The van der Waals surface area contributed by atoms with Gasteiger partial charge >= 0.3 is 0 Å². The monoisotopic (exact) mass is 331 g/mol. The second-order valence-corrected chi connectivity index (χ2v) is 6.92. The first-order valence-corrected chi connectivity index (χ1v) is 9.11. The van der Waals surface area contributed by atoms with E-state index in [4.69, 9.17) is 4.74 Å². The van der Waals surface area contributed by atoms with Gasteiger partial charge in [-0.15, -0.1) is 0 Å². The van der Waals surface area contributed by atoms with Gasteiger partial charge in [-0.1, -0.05) is 0 Å². The highest BCUT2D eigenvalue weighted by molar-refractivity contribution is 5.94. The quantitative estimate of drug-likeness (QED) is 0.850. The van der Waals surface area contributed by atoms with Crippen molar-refractivity contribution in [1.82, 2.24) is 9.80 Å². The second-order valence-electron chi connectivity index (χ2n) is 6.92. The summed E-state index contributed by atoms with van der Waals surface area (Å²) in [7, 11) is 0. The molecule has 0 aliphatic carbocycles. The Balaban J connectivity index is 1.62. The summed E-state index contributed by atoms with van der Waals surface area (Å²) in [5, 5.41) is 0. The number of carbonyl (C=O) groups is 1. The topological polar surface area (TPSA) is 36.0 Å². The van der Waals surface area contributed by atoms with Crippen LogP contribution in [-0.4, -0.2) is 74.2 Å². The zero-order valence-electron chi connectivity index (χ0n) is 14.9. The molecule has 24 heavy (non-hydrogen) atoms. The summed E-state index contributed by atoms with van der Waals surface area (Å²) in [6.07, 6.45) is 1.05. The Labute approximate surface area is 145 Å². The predicted octanol–water partition coefficient (Wildman–Crippen LogP) is 2.08. The highest BCUT2D eigenvalue weighted by Crippen LogP contribution is 2.18. The van der Waals surface area contributed by atoms with E-state index in [1.807, 2.05) is 17.0 Å². The number of hydrogen-bond acceptors (Lipinski definition) is 4. The first-order chi connectivity index (χ1) is 11.6. The second kappa shape index (κ2) is 7.99. The Morgan fingerprint density at radius 1 is 0.958 bits per heavy atom. The molecule has 3 rings (SSSR count). The van der Waals surface area contributed by atoms with Crippen molar-refractivity contribution >= 4 is 11.6 Å². The minimum atomic E-state index is 0.161. The van der Waals surface area contributed by atoms with Crippen LogP contribution in [0.15, 0.2) is 24.3 Å². The summed E-state index contributed by atoms with van der Waals surface area (Å²) in [5.41, 5.74) is 1.97. The Kier molecular flexibility index (Phi) is 5.74. The zero-order chi connectivity index (χ0) is 16.9. The van der Waals surface area contributed by atoms with Crippen molar-refractivity contribution in [2.24, 2.45) is 0 Å². The van der Waals surface area contributed by atoms with Crippen LogP contribution in [0.25, 0.3) is 0 Å². The lowest BCUT2D eigenvalue weighted by Crippen LogP contribution is -2.37. The predicted molar refractivity (Wildman–Crippen MR) is 96.7 cm³/mol. The Morgan fingerprint density at radius 2 is 1.67 bits per heavy atom. The molecule has 0 bridgehead atoms. The van der Waals surface area contributed by atoms with Crippen LogP contribution in [0.1, 0.15) is 30.6 Å². The fourth-order valence-corrected chi connectivity index (χ4v) is 3.48. The van der Waals surface area contributed by atoms with Gasteiger partial charge in [0.1, 0.15) is 0 Å². The molecule has 1 amide bonds. The standard InChI is InChI=1S/C19H29N3O2/c1-16(2)20-8-3-9-22(11-10-20)19(23)17-4-6-18(7-5-17)21-12-14-24-15-13-21/h4-7,16H,3,8-15H2,1-2H3. The molecule has 5 nitrogen and oxygen atoms in total. The van der Waals surface area contributed by atoms with Gasteiger partial charge < -0.3 is 14.5 Å². The summed E-state index contributed by atoms with van der Waals surface area (Å²) in [6.45, 7) is 11.6. The minimum Gasteiger partial charge on any atom is -0.378 e. The van der Waals surface area contributed by atoms with E-state index < -0.39 is 0 Å². The molecule has 2 saturated heterocycles. The van der Waals surface area contributed by atoms with Crippen molar-refractivity contribution in [2.45, 2.75) is 26.3 Å². The summed E-state index contributed by atoms with van der Waals surface area (Å²) < 4.78 is 5.39. The van der Waals surface area contributed by atoms with E-state index in [9.17, 15) is 4.79 Å². The molecule has 2 aliphatic rings. The molecule has 1 aromatic rings. The third kappa shape index (κ3) is 4.08. The molecular weight excluding hydrogens is 302 g/mol. The van der Waals surface area contributed by atoms with Gasteiger partial charge in [0.05, 0.1) is 13.2 Å². The largest absolute Gasteiger partial charge is 0.378 e. The molecule has 132 valence electrons. The average molecular weight is 331 g/mol. The number of benzene rings is 1. The summed E-state index contributed by atoms with van der Waals surface area (Å²) >= 11 is 0. The number of carbonyl (C=O) groups excluding carboxylic acids is 1. The maximum absolute atomic E-state index is 12.8. The molecule has 0 atom stereocenters. The van der Waals surface area contributed by atoms with E-state index in [1.54, 1.807) is 0 Å². The minimum absolute atomic E-state index is 0.161. The third-order valence-corrected chi connectivity index (χ3v) is 5.04. The van der Waals surface area contributed by atoms with Crippen LogP contribution in [0.5, 0.6) is 0 Å². The fourth-order valence-electron chi connectivity index (χ4n) is 3.48. The van der Waals surface area contributed by atoms with E-state index in [1.165, 1.54) is 5.69 Å². The van der Waals surface area contributed by atoms with E-state index in [-0.39, 0.29) is 5.91 Å². The van der Waals surface area contributed by atoms with Crippen molar-refractivity contribution in [2.75, 3.05) is 57.4 Å². The van der Waals surface area contributed by atoms with Crippen LogP contribution in [0.3, 0.4) is 0 Å². The molecule has 2 heterocycles. The molecule has 0 spiro atoms. The smallest absolute Gasteiger partial charge is 0.253 e. The van der Waals surface area contributed by atoms with Crippen molar-refractivity contribution in [1.29, 1.82) is 0 Å². The van der Waals surface area contributed by atoms with Crippen LogP contribution < -0.4 is 4.90 Å². The Morgan fingerprint density at radius 3 is 2.33 bits per heavy atom. The van der Waals surface area contributed by atoms with E-state index in [2.05, 4.69) is 35.8 Å². The van der Waals surface area contributed by atoms with Crippen LogP contribution in [-0.2, 0) is 4.74 Å². The molecule has 2 fully saturated rings. The molecule has 0 saturated carbocycles. The number of morpholine rings is 1. The molecule has 2 aliphatic heterocycles. The Hall–Kier alpha value is -1.59. The number of nitrogens with zero attached hydrogens (tertiary/aromatic N) is 3. The van der Waals surface area contributed by atoms with Gasteiger partial charge in [-0.05, 0) is 44.5 Å². The highest BCUT2D eigenvalue weighted by Gasteiger charge is 2.21. The van der Waals surface area contributed by atoms with Gasteiger partial charge in [-0.25, -0.2) is 0 Å². The van der Waals surface area contributed by atoms with Gasteiger partial charge in [0.15, 0.2) is 0 Å². The van der Waals surface area contributed by atoms with Gasteiger partial charge in [-0.2, -0.15) is 0 Å². The molecule has 0 radical (unpaired) electrons. The van der Waals surface area contributed by atoms with Gasteiger partial charge in [0.2, 0.25) is 0 Å².